The molecule has 0 unspecified atom stereocenters. The maximum absolute atomic E-state index is 14.7. The van der Waals surface area contributed by atoms with Gasteiger partial charge in [0.1, 0.15) is 0 Å². The van der Waals surface area contributed by atoms with E-state index in [-0.39, 0.29) is 43.2 Å². The Kier molecular flexibility index (Phi) is 15.0. The molecule has 3 aliphatic rings. The number of esters is 2. The lowest BCUT2D eigenvalue weighted by Gasteiger charge is -2.43. The van der Waals surface area contributed by atoms with Crippen molar-refractivity contribution in [3.63, 3.8) is 0 Å². The number of hydrogen-bond donors (Lipinski definition) is 0. The number of nitrogens with zero attached hydrogens (tertiary/aromatic N) is 7. The Bertz CT molecular complexity index is 2990. The van der Waals surface area contributed by atoms with Gasteiger partial charge in [-0.2, -0.15) is 5.10 Å². The van der Waals surface area contributed by atoms with Crippen molar-refractivity contribution >= 4 is 57.7 Å². The third-order valence-corrected chi connectivity index (χ3v) is 14.8. The second-order valence-corrected chi connectivity index (χ2v) is 19.3. The van der Waals surface area contributed by atoms with E-state index in [9.17, 15) is 24.0 Å². The molecular formula is C57H63N7O7. The minimum Gasteiger partial charge on any atom is -0.440 e. The Morgan fingerprint density at radius 1 is 0.718 bits per heavy atom. The van der Waals surface area contributed by atoms with Gasteiger partial charge in [0.15, 0.2) is 13.5 Å². The van der Waals surface area contributed by atoms with E-state index >= 15 is 0 Å². The minimum absolute atomic E-state index is 0.0102. The number of pyridine rings is 1. The highest BCUT2D eigenvalue weighted by Crippen LogP contribution is 2.31. The fourth-order valence-corrected chi connectivity index (χ4v) is 10.7. The highest BCUT2D eigenvalue weighted by molar-refractivity contribution is 5.91. The summed E-state index contributed by atoms with van der Waals surface area (Å²) in [7, 11) is 2.17. The maximum Gasteiger partial charge on any atom is 0.339 e. The topological polar surface area (TPSA) is 140 Å². The first-order chi connectivity index (χ1) is 34.5. The maximum atomic E-state index is 14.7. The molecule has 3 aliphatic heterocycles. The van der Waals surface area contributed by atoms with Crippen molar-refractivity contribution in [1.82, 2.24) is 33.9 Å². The van der Waals surface area contributed by atoms with Gasteiger partial charge in [-0.05, 0) is 135 Å². The molecule has 368 valence electrons. The summed E-state index contributed by atoms with van der Waals surface area (Å²) < 4.78 is 14.5. The number of likely N-dealkylation sites (tertiary alicyclic amines) is 2. The van der Waals surface area contributed by atoms with Crippen molar-refractivity contribution in [3.8, 4) is 0 Å². The quantitative estimate of drug-likeness (QED) is 0.0939. The number of para-hydroxylation sites is 1. The number of piperidine rings is 2. The van der Waals surface area contributed by atoms with Crippen LogP contribution in [0.5, 0.6) is 0 Å². The fourth-order valence-electron chi connectivity index (χ4n) is 10.7. The number of fused-ring (bicyclic) bond motifs is 2. The third kappa shape index (κ3) is 11.1. The Balaban J connectivity index is 0.888. The summed E-state index contributed by atoms with van der Waals surface area (Å²) in [5.74, 6) is -1.79. The van der Waals surface area contributed by atoms with Crippen LogP contribution in [0.4, 0.5) is 0 Å². The summed E-state index contributed by atoms with van der Waals surface area (Å²) in [6.07, 6.45) is 8.98. The lowest BCUT2D eigenvalue weighted by atomic mass is 9.88. The molecule has 1 atom stereocenters. The Labute approximate surface area is 414 Å². The van der Waals surface area contributed by atoms with Crippen molar-refractivity contribution in [1.29, 1.82) is 0 Å². The number of ether oxygens (including phenoxy) is 2. The monoisotopic (exact) mass is 957 g/mol. The van der Waals surface area contributed by atoms with Gasteiger partial charge in [-0.3, -0.25) is 23.9 Å². The summed E-state index contributed by atoms with van der Waals surface area (Å²) >= 11 is 0. The average Bonchev–Trinajstić information content (AvgIpc) is 3.83. The van der Waals surface area contributed by atoms with Gasteiger partial charge in [0, 0.05) is 62.7 Å². The number of aryl methyl sites for hydroxylation is 1. The standard InChI is InChI=1S/C57H63N7O7/c1-5-40-11-15-44(16-12-40)56(68)70-37-63-51-10-8-7-9-46(51)34-50(55(63)67)43-19-25-61(26-20-43)52(65)35-47(54(66)62-29-27-60(28-30-62)49-21-23-59(4)24-22-49)32-42-31-39(3)53-48(33-42)36-58-64(53)38-71-57(69)45-17-13-41(6-2)14-18-45/h5-18,31,33-34,36,43,47,49H,1-2,19-30,32,35,37-38H2,3-4H3/t47-/m0/s1. The van der Waals surface area contributed by atoms with Crippen molar-refractivity contribution in [2.75, 3.05) is 59.4 Å². The predicted octanol–water partition coefficient (Wildman–Crippen LogP) is 7.77. The van der Waals surface area contributed by atoms with Crippen molar-refractivity contribution < 1.29 is 28.7 Å². The van der Waals surface area contributed by atoms with E-state index in [1.165, 1.54) is 4.57 Å². The van der Waals surface area contributed by atoms with E-state index in [0.717, 1.165) is 77.6 Å². The SMILES string of the molecule is C=Cc1ccc(C(=O)OCn2ncc3cc(C[C@@H](CC(=O)N4CCC(c5cc6ccccc6n(COC(=O)c6ccc(C=C)cc6)c5=O)CC4)C(=O)N4CCN(C5CCN(C)CC5)CC4)cc(C)c32)cc1. The summed E-state index contributed by atoms with van der Waals surface area (Å²) in [6.45, 7) is 15.1. The molecule has 0 aliphatic carbocycles. The first-order valence-corrected chi connectivity index (χ1v) is 24.8. The zero-order valence-corrected chi connectivity index (χ0v) is 40.8. The Morgan fingerprint density at radius 3 is 1.97 bits per heavy atom. The minimum atomic E-state index is -0.592. The number of benzene rings is 4. The Hall–Kier alpha value is -7.16. The second kappa shape index (κ2) is 21.9. The molecule has 14 heteroatoms. The lowest BCUT2D eigenvalue weighted by molar-refractivity contribution is -0.143. The summed E-state index contributed by atoms with van der Waals surface area (Å²) in [5, 5.41) is 6.27. The lowest BCUT2D eigenvalue weighted by Crippen LogP contribution is -2.55. The molecule has 0 bridgehead atoms. The van der Waals surface area contributed by atoms with Crippen LogP contribution >= 0.6 is 0 Å². The molecule has 3 fully saturated rings. The highest BCUT2D eigenvalue weighted by Gasteiger charge is 2.35. The van der Waals surface area contributed by atoms with Crippen LogP contribution in [0, 0.1) is 12.8 Å². The van der Waals surface area contributed by atoms with E-state index in [1.807, 2.05) is 71.3 Å². The van der Waals surface area contributed by atoms with Crippen LogP contribution in [-0.2, 0) is 38.9 Å². The highest BCUT2D eigenvalue weighted by atomic mass is 16.5. The molecule has 6 aromatic rings. The van der Waals surface area contributed by atoms with E-state index in [4.69, 9.17) is 9.47 Å². The van der Waals surface area contributed by atoms with Crippen LogP contribution in [0.1, 0.15) is 86.6 Å². The van der Waals surface area contributed by atoms with E-state index in [0.29, 0.717) is 73.7 Å². The van der Waals surface area contributed by atoms with Crippen LogP contribution in [0.25, 0.3) is 34.0 Å². The van der Waals surface area contributed by atoms with Crippen molar-refractivity contribution in [2.45, 2.75) is 70.9 Å². The van der Waals surface area contributed by atoms with Gasteiger partial charge in [0.25, 0.3) is 5.56 Å². The molecule has 0 spiro atoms. The third-order valence-electron chi connectivity index (χ3n) is 14.8. The molecule has 14 nitrogen and oxygen atoms in total. The summed E-state index contributed by atoms with van der Waals surface area (Å²) in [6, 6.07) is 28.0. The van der Waals surface area contributed by atoms with Gasteiger partial charge in [-0.25, -0.2) is 14.3 Å². The van der Waals surface area contributed by atoms with Crippen LogP contribution in [-0.4, -0.2) is 123 Å². The summed E-state index contributed by atoms with van der Waals surface area (Å²) in [5.41, 5.74) is 6.32. The van der Waals surface area contributed by atoms with Crippen LogP contribution in [0.2, 0.25) is 0 Å². The van der Waals surface area contributed by atoms with Gasteiger partial charge in [-0.1, -0.05) is 73.8 Å². The number of piperazine rings is 1. The summed E-state index contributed by atoms with van der Waals surface area (Å²) in [4.78, 5) is 78.0. The van der Waals surface area contributed by atoms with Crippen LogP contribution in [0.15, 0.2) is 115 Å². The fraction of sp³-hybridized carbons (Fsp3) is 0.368. The molecule has 0 radical (unpaired) electrons. The van der Waals surface area contributed by atoms with Gasteiger partial charge in [-0.15, -0.1) is 0 Å². The second-order valence-electron chi connectivity index (χ2n) is 19.3. The molecule has 3 saturated heterocycles. The molecule has 5 heterocycles. The molecule has 4 aromatic carbocycles. The number of rotatable bonds is 15. The number of amides is 2. The zero-order valence-electron chi connectivity index (χ0n) is 40.8. The first kappa shape index (κ1) is 48.8. The molecule has 9 rings (SSSR count). The van der Waals surface area contributed by atoms with Crippen molar-refractivity contribution in [3.05, 3.63) is 160 Å². The van der Waals surface area contributed by atoms with Gasteiger partial charge in [0.05, 0.1) is 34.3 Å². The molecule has 71 heavy (non-hydrogen) atoms. The molecule has 0 N–H and O–H groups in total. The normalized spacial score (nSPS) is 16.8. The van der Waals surface area contributed by atoms with E-state index < -0.39 is 17.9 Å². The number of carbonyl (C=O) groups is 4. The molecule has 2 amide bonds. The van der Waals surface area contributed by atoms with Crippen LogP contribution in [0.3, 0.4) is 0 Å². The van der Waals surface area contributed by atoms with E-state index in [2.05, 4.69) is 35.1 Å². The zero-order chi connectivity index (χ0) is 49.6. The smallest absolute Gasteiger partial charge is 0.339 e. The average molecular weight is 958 g/mol. The number of carbonyl (C=O) groups excluding carboxylic acids is 4. The van der Waals surface area contributed by atoms with Crippen LogP contribution < -0.4 is 5.56 Å². The molecule has 0 saturated carbocycles. The van der Waals surface area contributed by atoms with E-state index in [1.54, 1.807) is 59.4 Å². The van der Waals surface area contributed by atoms with Gasteiger partial charge < -0.3 is 24.2 Å². The molecular weight excluding hydrogens is 895 g/mol. The van der Waals surface area contributed by atoms with Crippen molar-refractivity contribution in [2.24, 2.45) is 5.92 Å². The predicted molar refractivity (Wildman–Crippen MR) is 276 cm³/mol. The first-order valence-electron chi connectivity index (χ1n) is 24.8. The van der Waals surface area contributed by atoms with Gasteiger partial charge in [0.2, 0.25) is 11.8 Å². The molecule has 2 aromatic heterocycles. The Morgan fingerprint density at radius 2 is 1.34 bits per heavy atom. The number of hydrogen-bond acceptors (Lipinski definition) is 10. The van der Waals surface area contributed by atoms with Gasteiger partial charge >= 0.3 is 11.9 Å². The number of aromatic nitrogens is 3. The largest absolute Gasteiger partial charge is 0.440 e.